The maximum absolute atomic E-state index is 8.40. The second-order valence-corrected chi connectivity index (χ2v) is 3.09. The Balaban J connectivity index is 2.96. The highest BCUT2D eigenvalue weighted by Gasteiger charge is 2.09. The lowest BCUT2D eigenvalue weighted by Crippen LogP contribution is -2.04. The van der Waals surface area contributed by atoms with E-state index in [4.69, 9.17) is 22.6 Å². The summed E-state index contributed by atoms with van der Waals surface area (Å²) in [5, 5.41) is 10.8. The standard InChI is InChI=1S/C6H5ClN2S/c7-4-1-2-10-6(4)5(9)3-8/h1-2,5H,9H2. The topological polar surface area (TPSA) is 49.8 Å². The van der Waals surface area contributed by atoms with Crippen molar-refractivity contribution in [1.29, 1.82) is 5.26 Å². The van der Waals surface area contributed by atoms with Crippen LogP contribution in [0.4, 0.5) is 0 Å². The van der Waals surface area contributed by atoms with E-state index < -0.39 is 6.04 Å². The minimum atomic E-state index is -0.576. The van der Waals surface area contributed by atoms with Gasteiger partial charge < -0.3 is 5.73 Å². The van der Waals surface area contributed by atoms with Crippen LogP contribution in [0.3, 0.4) is 0 Å². The molecule has 0 saturated carbocycles. The predicted molar refractivity (Wildman–Crippen MR) is 41.9 cm³/mol. The molecular weight excluding hydrogens is 168 g/mol. The maximum Gasteiger partial charge on any atom is 0.129 e. The number of thiophene rings is 1. The largest absolute Gasteiger partial charge is 0.311 e. The van der Waals surface area contributed by atoms with E-state index in [1.165, 1.54) is 11.3 Å². The molecule has 0 aliphatic carbocycles. The highest BCUT2D eigenvalue weighted by atomic mass is 35.5. The Hall–Kier alpha value is -0.560. The lowest BCUT2D eigenvalue weighted by atomic mass is 10.3. The Morgan fingerprint density at radius 2 is 2.50 bits per heavy atom. The van der Waals surface area contributed by atoms with Crippen molar-refractivity contribution in [2.45, 2.75) is 6.04 Å². The van der Waals surface area contributed by atoms with E-state index in [0.717, 1.165) is 4.88 Å². The van der Waals surface area contributed by atoms with E-state index >= 15 is 0 Å². The van der Waals surface area contributed by atoms with Gasteiger partial charge in [0.1, 0.15) is 6.04 Å². The minimum absolute atomic E-state index is 0.576. The molecule has 2 N–H and O–H groups in total. The molecular formula is C6H5ClN2S. The van der Waals surface area contributed by atoms with E-state index in [-0.39, 0.29) is 0 Å². The molecule has 0 aromatic carbocycles. The molecule has 0 bridgehead atoms. The summed E-state index contributed by atoms with van der Waals surface area (Å²) in [6.45, 7) is 0. The molecule has 2 nitrogen and oxygen atoms in total. The smallest absolute Gasteiger partial charge is 0.129 e. The van der Waals surface area contributed by atoms with Gasteiger partial charge in [0.15, 0.2) is 0 Å². The molecule has 0 radical (unpaired) electrons. The third-order valence-electron chi connectivity index (χ3n) is 1.07. The van der Waals surface area contributed by atoms with Crippen molar-refractivity contribution in [2.24, 2.45) is 5.73 Å². The number of hydrogen-bond donors (Lipinski definition) is 1. The number of nitrogens with zero attached hydrogens (tertiary/aromatic N) is 1. The van der Waals surface area contributed by atoms with Crippen LogP contribution in [0.1, 0.15) is 10.9 Å². The van der Waals surface area contributed by atoms with Crippen molar-refractivity contribution in [3.05, 3.63) is 21.3 Å². The Morgan fingerprint density at radius 1 is 1.80 bits per heavy atom. The fourth-order valence-electron chi connectivity index (χ4n) is 0.586. The molecule has 4 heteroatoms. The lowest BCUT2D eigenvalue weighted by Gasteiger charge is -1.96. The van der Waals surface area contributed by atoms with E-state index in [2.05, 4.69) is 0 Å². The first-order valence-corrected chi connectivity index (χ1v) is 3.89. The molecule has 0 fully saturated rings. The molecule has 52 valence electrons. The molecule has 1 heterocycles. The molecule has 1 aromatic rings. The van der Waals surface area contributed by atoms with Gasteiger partial charge in [-0.05, 0) is 11.4 Å². The minimum Gasteiger partial charge on any atom is -0.311 e. The normalized spacial score (nSPS) is 12.5. The Bertz CT molecular complexity index is 263. The molecule has 1 aromatic heterocycles. The molecule has 1 atom stereocenters. The number of nitrogens with two attached hydrogens (primary N) is 1. The third-order valence-corrected chi connectivity index (χ3v) is 2.51. The molecule has 10 heavy (non-hydrogen) atoms. The van der Waals surface area contributed by atoms with Gasteiger partial charge in [0, 0.05) is 0 Å². The molecule has 0 saturated heterocycles. The van der Waals surface area contributed by atoms with Crippen molar-refractivity contribution >= 4 is 22.9 Å². The van der Waals surface area contributed by atoms with Crippen LogP contribution >= 0.6 is 22.9 Å². The summed E-state index contributed by atoms with van der Waals surface area (Å²) in [5.41, 5.74) is 5.40. The number of rotatable bonds is 1. The predicted octanol–water partition coefficient (Wildman–Crippen LogP) is 1.92. The van der Waals surface area contributed by atoms with E-state index in [1.54, 1.807) is 6.07 Å². The first-order chi connectivity index (χ1) is 4.75. The Morgan fingerprint density at radius 3 is 2.90 bits per heavy atom. The molecule has 1 rings (SSSR count). The van der Waals surface area contributed by atoms with Gasteiger partial charge in [0.05, 0.1) is 16.0 Å². The lowest BCUT2D eigenvalue weighted by molar-refractivity contribution is 0.952. The van der Waals surface area contributed by atoms with Gasteiger partial charge in [0.25, 0.3) is 0 Å². The SMILES string of the molecule is N#CC(N)c1sccc1Cl. The zero-order valence-electron chi connectivity index (χ0n) is 5.04. The highest BCUT2D eigenvalue weighted by Crippen LogP contribution is 2.26. The fourth-order valence-corrected chi connectivity index (χ4v) is 1.71. The summed E-state index contributed by atoms with van der Waals surface area (Å²) < 4.78 is 0. The van der Waals surface area contributed by atoms with E-state index in [0.29, 0.717) is 5.02 Å². The van der Waals surface area contributed by atoms with Crippen molar-refractivity contribution in [3.63, 3.8) is 0 Å². The van der Waals surface area contributed by atoms with Crippen molar-refractivity contribution < 1.29 is 0 Å². The number of halogens is 1. The first-order valence-electron chi connectivity index (χ1n) is 2.64. The monoisotopic (exact) mass is 172 g/mol. The maximum atomic E-state index is 8.40. The average molecular weight is 173 g/mol. The summed E-state index contributed by atoms with van der Waals surface area (Å²) >= 11 is 7.10. The van der Waals surface area contributed by atoms with Crippen LogP contribution in [-0.2, 0) is 0 Å². The summed E-state index contributed by atoms with van der Waals surface area (Å²) in [7, 11) is 0. The highest BCUT2D eigenvalue weighted by molar-refractivity contribution is 7.10. The first kappa shape index (κ1) is 7.55. The van der Waals surface area contributed by atoms with E-state index in [1.807, 2.05) is 11.4 Å². The second-order valence-electron chi connectivity index (χ2n) is 1.74. The molecule has 1 unspecified atom stereocenters. The summed E-state index contributed by atoms with van der Waals surface area (Å²) in [4.78, 5) is 0.740. The summed E-state index contributed by atoms with van der Waals surface area (Å²) in [6, 6.07) is 3.07. The zero-order valence-corrected chi connectivity index (χ0v) is 6.62. The van der Waals surface area contributed by atoms with Gasteiger partial charge >= 0.3 is 0 Å². The fraction of sp³-hybridized carbons (Fsp3) is 0.167. The number of hydrogen-bond acceptors (Lipinski definition) is 3. The zero-order chi connectivity index (χ0) is 7.56. The van der Waals surface area contributed by atoms with Crippen molar-refractivity contribution in [1.82, 2.24) is 0 Å². The third kappa shape index (κ3) is 1.29. The Labute approximate surface area is 67.8 Å². The van der Waals surface area contributed by atoms with E-state index in [9.17, 15) is 0 Å². The summed E-state index contributed by atoms with van der Waals surface area (Å²) in [6.07, 6.45) is 0. The summed E-state index contributed by atoms with van der Waals surface area (Å²) in [5.74, 6) is 0. The van der Waals surface area contributed by atoms with Crippen molar-refractivity contribution in [2.75, 3.05) is 0 Å². The van der Waals surface area contributed by atoms with Crippen LogP contribution < -0.4 is 5.73 Å². The van der Waals surface area contributed by atoms with Crippen LogP contribution in [0, 0.1) is 11.3 Å². The molecule has 0 spiro atoms. The van der Waals surface area contributed by atoms with Gasteiger partial charge in [-0.1, -0.05) is 11.6 Å². The molecule has 0 aliphatic heterocycles. The number of nitriles is 1. The van der Waals surface area contributed by atoms with Gasteiger partial charge in [-0.2, -0.15) is 5.26 Å². The average Bonchev–Trinajstić information content (AvgIpc) is 2.34. The molecule has 0 aliphatic rings. The quantitative estimate of drug-likeness (QED) is 0.704. The van der Waals surface area contributed by atoms with Gasteiger partial charge in [-0.15, -0.1) is 11.3 Å². The van der Waals surface area contributed by atoms with Crippen LogP contribution in [0.5, 0.6) is 0 Å². The van der Waals surface area contributed by atoms with Gasteiger partial charge in [-0.3, -0.25) is 0 Å². The van der Waals surface area contributed by atoms with Crippen molar-refractivity contribution in [3.8, 4) is 6.07 Å². The van der Waals surface area contributed by atoms with Crippen LogP contribution in [0.25, 0.3) is 0 Å². The van der Waals surface area contributed by atoms with Crippen LogP contribution in [0.15, 0.2) is 11.4 Å². The molecule has 0 amide bonds. The van der Waals surface area contributed by atoms with Crippen LogP contribution in [0.2, 0.25) is 5.02 Å². The van der Waals surface area contributed by atoms with Gasteiger partial charge in [-0.25, -0.2) is 0 Å². The van der Waals surface area contributed by atoms with Gasteiger partial charge in [0.2, 0.25) is 0 Å². The second kappa shape index (κ2) is 3.02. The Kier molecular flexibility index (Phi) is 2.28. The van der Waals surface area contributed by atoms with Crippen LogP contribution in [-0.4, -0.2) is 0 Å².